The van der Waals surface area contributed by atoms with Crippen molar-refractivity contribution in [2.75, 3.05) is 0 Å². The quantitative estimate of drug-likeness (QED) is 0.395. The van der Waals surface area contributed by atoms with Crippen LogP contribution in [0.25, 0.3) is 5.69 Å². The first-order valence-electron chi connectivity index (χ1n) is 9.42. The van der Waals surface area contributed by atoms with Gasteiger partial charge in [-0.3, -0.25) is 4.57 Å². The van der Waals surface area contributed by atoms with Crippen molar-refractivity contribution in [1.29, 1.82) is 0 Å². The summed E-state index contributed by atoms with van der Waals surface area (Å²) >= 11 is 1.73. The van der Waals surface area contributed by atoms with E-state index in [-0.39, 0.29) is 0 Å². The zero-order valence-electron chi connectivity index (χ0n) is 16.2. The van der Waals surface area contributed by atoms with Gasteiger partial charge in [0, 0.05) is 17.9 Å². The number of aryl methyl sites for hydroxylation is 2. The van der Waals surface area contributed by atoms with Crippen LogP contribution in [-0.4, -0.2) is 14.8 Å². The molecule has 0 unspecified atom stereocenters. The van der Waals surface area contributed by atoms with Gasteiger partial charge in [-0.1, -0.05) is 89.6 Å². The fraction of sp³-hybridized carbons (Fsp3) is 0.167. The van der Waals surface area contributed by atoms with E-state index in [1.807, 2.05) is 6.07 Å². The molecule has 0 atom stereocenters. The second kappa shape index (κ2) is 8.44. The summed E-state index contributed by atoms with van der Waals surface area (Å²) in [6.07, 6.45) is 0.757. The fourth-order valence-corrected chi connectivity index (χ4v) is 4.10. The Kier molecular flexibility index (Phi) is 5.58. The van der Waals surface area contributed by atoms with Gasteiger partial charge in [-0.2, -0.15) is 0 Å². The molecule has 3 nitrogen and oxygen atoms in total. The summed E-state index contributed by atoms with van der Waals surface area (Å²) in [5.74, 6) is 1.83. The molecule has 4 rings (SSSR count). The van der Waals surface area contributed by atoms with Crippen molar-refractivity contribution in [2.45, 2.75) is 31.2 Å². The average molecular weight is 386 g/mol. The maximum atomic E-state index is 4.53. The molecule has 1 heterocycles. The van der Waals surface area contributed by atoms with Crippen molar-refractivity contribution in [3.05, 3.63) is 107 Å². The minimum absolute atomic E-state index is 0.757. The van der Waals surface area contributed by atoms with Gasteiger partial charge in [0.1, 0.15) is 5.82 Å². The smallest absolute Gasteiger partial charge is 0.196 e. The Morgan fingerprint density at radius 2 is 1.50 bits per heavy atom. The minimum Gasteiger partial charge on any atom is -0.274 e. The van der Waals surface area contributed by atoms with Gasteiger partial charge in [0.15, 0.2) is 5.16 Å². The van der Waals surface area contributed by atoms with Crippen molar-refractivity contribution in [3.63, 3.8) is 0 Å². The van der Waals surface area contributed by atoms with Gasteiger partial charge in [-0.25, -0.2) is 0 Å². The Morgan fingerprint density at radius 3 is 2.25 bits per heavy atom. The molecule has 28 heavy (non-hydrogen) atoms. The summed E-state index contributed by atoms with van der Waals surface area (Å²) in [4.78, 5) is 0. The molecular weight excluding hydrogens is 362 g/mol. The number of nitrogens with zero attached hydrogens (tertiary/aromatic N) is 3. The Balaban J connectivity index is 1.66. The van der Waals surface area contributed by atoms with Crippen molar-refractivity contribution in [1.82, 2.24) is 14.8 Å². The van der Waals surface area contributed by atoms with E-state index in [0.717, 1.165) is 28.8 Å². The molecule has 4 heteroatoms. The van der Waals surface area contributed by atoms with Crippen LogP contribution in [0.15, 0.2) is 84.0 Å². The highest BCUT2D eigenvalue weighted by Crippen LogP contribution is 2.26. The topological polar surface area (TPSA) is 30.7 Å². The van der Waals surface area contributed by atoms with E-state index in [2.05, 4.69) is 101 Å². The first kappa shape index (κ1) is 18.5. The summed E-state index contributed by atoms with van der Waals surface area (Å²) < 4.78 is 2.19. The molecule has 0 radical (unpaired) electrons. The molecule has 4 aromatic rings. The number of benzene rings is 3. The highest BCUT2D eigenvalue weighted by Gasteiger charge is 2.15. The van der Waals surface area contributed by atoms with Crippen LogP contribution in [0.3, 0.4) is 0 Å². The van der Waals surface area contributed by atoms with Gasteiger partial charge in [-0.05, 0) is 37.1 Å². The molecule has 0 saturated heterocycles. The van der Waals surface area contributed by atoms with E-state index < -0.39 is 0 Å². The predicted molar refractivity (Wildman–Crippen MR) is 116 cm³/mol. The maximum Gasteiger partial charge on any atom is 0.196 e. The third-order valence-electron chi connectivity index (χ3n) is 4.65. The van der Waals surface area contributed by atoms with Gasteiger partial charge >= 0.3 is 0 Å². The number of hydrogen-bond donors (Lipinski definition) is 0. The molecular formula is C24H23N3S. The zero-order chi connectivity index (χ0) is 19.3. The monoisotopic (exact) mass is 385 g/mol. The minimum atomic E-state index is 0.757. The van der Waals surface area contributed by atoms with Gasteiger partial charge in [0.2, 0.25) is 0 Å². The molecule has 0 N–H and O–H groups in total. The van der Waals surface area contributed by atoms with E-state index in [1.54, 1.807) is 11.8 Å². The molecule has 0 aliphatic carbocycles. The van der Waals surface area contributed by atoms with E-state index in [0.29, 0.717) is 0 Å². The van der Waals surface area contributed by atoms with E-state index >= 15 is 0 Å². The third-order valence-corrected chi connectivity index (χ3v) is 5.65. The van der Waals surface area contributed by atoms with Crippen molar-refractivity contribution in [2.24, 2.45) is 0 Å². The first-order valence-corrected chi connectivity index (χ1v) is 10.4. The molecule has 0 amide bonds. The van der Waals surface area contributed by atoms with Gasteiger partial charge < -0.3 is 0 Å². The molecule has 1 aromatic heterocycles. The second-order valence-corrected chi connectivity index (χ2v) is 7.95. The number of hydrogen-bond acceptors (Lipinski definition) is 3. The Labute approximate surface area is 170 Å². The standard InChI is InChI=1S/C24H23N3S/c1-18-11-13-22(14-12-18)27-23(16-20-8-4-3-5-9-20)25-26-24(27)28-17-21-10-6-7-19(2)15-21/h3-15H,16-17H2,1-2H3. The summed E-state index contributed by atoms with van der Waals surface area (Å²) in [6, 6.07) is 27.6. The Hall–Kier alpha value is -2.85. The van der Waals surface area contributed by atoms with Crippen LogP contribution in [0.2, 0.25) is 0 Å². The predicted octanol–water partition coefficient (Wildman–Crippen LogP) is 5.77. The van der Waals surface area contributed by atoms with Gasteiger partial charge in [0.05, 0.1) is 0 Å². The molecule has 3 aromatic carbocycles. The third kappa shape index (κ3) is 4.34. The molecule has 0 saturated carbocycles. The van der Waals surface area contributed by atoms with Crippen LogP contribution in [0.1, 0.15) is 28.1 Å². The molecule has 0 aliphatic heterocycles. The molecule has 0 spiro atoms. The fourth-order valence-electron chi connectivity index (χ4n) is 3.19. The van der Waals surface area contributed by atoms with Crippen molar-refractivity contribution in [3.8, 4) is 5.69 Å². The van der Waals surface area contributed by atoms with Crippen LogP contribution in [0.4, 0.5) is 0 Å². The second-order valence-electron chi connectivity index (χ2n) is 7.01. The number of thioether (sulfide) groups is 1. The van der Waals surface area contributed by atoms with Crippen LogP contribution in [0.5, 0.6) is 0 Å². The van der Waals surface area contributed by atoms with Gasteiger partial charge in [-0.15, -0.1) is 10.2 Å². The van der Waals surface area contributed by atoms with Crippen molar-refractivity contribution >= 4 is 11.8 Å². The lowest BCUT2D eigenvalue weighted by Gasteiger charge is -2.11. The Bertz CT molecular complexity index is 1050. The lowest BCUT2D eigenvalue weighted by Crippen LogP contribution is -2.04. The van der Waals surface area contributed by atoms with Crippen molar-refractivity contribution < 1.29 is 0 Å². The summed E-state index contributed by atoms with van der Waals surface area (Å²) in [7, 11) is 0. The van der Waals surface area contributed by atoms with E-state index in [4.69, 9.17) is 0 Å². The molecule has 0 fully saturated rings. The van der Waals surface area contributed by atoms with E-state index in [9.17, 15) is 0 Å². The summed E-state index contributed by atoms with van der Waals surface area (Å²) in [5.41, 5.74) is 6.16. The van der Waals surface area contributed by atoms with E-state index in [1.165, 1.54) is 22.3 Å². The largest absolute Gasteiger partial charge is 0.274 e. The zero-order valence-corrected chi connectivity index (χ0v) is 17.0. The molecule has 0 aliphatic rings. The SMILES string of the molecule is Cc1ccc(-n2c(Cc3ccccc3)nnc2SCc2cccc(C)c2)cc1. The summed E-state index contributed by atoms with van der Waals surface area (Å²) in [6.45, 7) is 4.23. The van der Waals surface area contributed by atoms with Crippen LogP contribution in [-0.2, 0) is 12.2 Å². The maximum absolute atomic E-state index is 4.53. The van der Waals surface area contributed by atoms with Crippen LogP contribution < -0.4 is 0 Å². The average Bonchev–Trinajstić information content (AvgIpc) is 3.10. The number of rotatable bonds is 6. The highest BCUT2D eigenvalue weighted by atomic mass is 32.2. The van der Waals surface area contributed by atoms with Gasteiger partial charge in [0.25, 0.3) is 0 Å². The number of aromatic nitrogens is 3. The Morgan fingerprint density at radius 1 is 0.750 bits per heavy atom. The first-order chi connectivity index (χ1) is 13.7. The lowest BCUT2D eigenvalue weighted by molar-refractivity contribution is 0.847. The molecule has 140 valence electrons. The summed E-state index contributed by atoms with van der Waals surface area (Å²) in [5, 5.41) is 9.98. The lowest BCUT2D eigenvalue weighted by atomic mass is 10.1. The van der Waals surface area contributed by atoms with Crippen LogP contribution >= 0.6 is 11.8 Å². The molecule has 0 bridgehead atoms. The highest BCUT2D eigenvalue weighted by molar-refractivity contribution is 7.98. The van der Waals surface area contributed by atoms with Crippen LogP contribution in [0, 0.1) is 13.8 Å². The normalized spacial score (nSPS) is 10.9.